The molecule has 0 saturated heterocycles. The molecule has 0 amide bonds. The summed E-state index contributed by atoms with van der Waals surface area (Å²) in [5.74, 6) is 0. The molecule has 2 aromatic rings. The molecular formula is C12H10N4O4. The van der Waals surface area contributed by atoms with E-state index in [0.29, 0.717) is 5.56 Å². The van der Waals surface area contributed by atoms with Crippen molar-refractivity contribution in [3.63, 3.8) is 0 Å². The van der Waals surface area contributed by atoms with Gasteiger partial charge in [0.25, 0.3) is 5.69 Å². The lowest BCUT2D eigenvalue weighted by atomic mass is 10.2. The van der Waals surface area contributed by atoms with Crippen LogP contribution in [0.1, 0.15) is 5.56 Å². The first kappa shape index (κ1) is 13.4. The van der Waals surface area contributed by atoms with Crippen LogP contribution in [0.4, 0.5) is 17.1 Å². The molecule has 1 heterocycles. The SMILES string of the molecule is O=[N+]([O-])c1ccccc1CNc1ccncc1[N+](=O)[O-]. The lowest BCUT2D eigenvalue weighted by Crippen LogP contribution is -2.05. The first-order chi connectivity index (χ1) is 9.59. The standard InChI is InChI=1S/C12H10N4O4/c17-15(18)11-4-2-1-3-9(11)7-14-10-5-6-13-8-12(10)16(19)20/h1-6,8H,7H2,(H,13,14). The highest BCUT2D eigenvalue weighted by molar-refractivity contribution is 5.60. The Morgan fingerprint density at radius 2 is 1.75 bits per heavy atom. The van der Waals surface area contributed by atoms with Gasteiger partial charge in [0, 0.05) is 24.4 Å². The molecule has 8 nitrogen and oxygen atoms in total. The van der Waals surface area contributed by atoms with E-state index in [1.807, 2.05) is 0 Å². The Morgan fingerprint density at radius 1 is 1.05 bits per heavy atom. The number of hydrogen-bond acceptors (Lipinski definition) is 6. The molecule has 0 atom stereocenters. The average molecular weight is 274 g/mol. The maximum atomic E-state index is 10.9. The summed E-state index contributed by atoms with van der Waals surface area (Å²) in [5, 5.41) is 24.5. The highest BCUT2D eigenvalue weighted by Crippen LogP contribution is 2.24. The Bertz CT molecular complexity index is 602. The second kappa shape index (κ2) is 5.74. The van der Waals surface area contributed by atoms with E-state index in [1.54, 1.807) is 18.2 Å². The van der Waals surface area contributed by atoms with E-state index in [4.69, 9.17) is 0 Å². The van der Waals surface area contributed by atoms with E-state index >= 15 is 0 Å². The number of benzene rings is 1. The molecule has 2 rings (SSSR count). The lowest BCUT2D eigenvalue weighted by molar-refractivity contribution is -0.385. The van der Waals surface area contributed by atoms with Crippen LogP contribution in [0.5, 0.6) is 0 Å². The number of aromatic nitrogens is 1. The number of hydrogen-bond donors (Lipinski definition) is 1. The van der Waals surface area contributed by atoms with Gasteiger partial charge in [-0.3, -0.25) is 25.2 Å². The van der Waals surface area contributed by atoms with Crippen LogP contribution in [0.3, 0.4) is 0 Å². The Hall–Kier alpha value is -3.03. The molecule has 0 spiro atoms. The van der Waals surface area contributed by atoms with Gasteiger partial charge in [0.2, 0.25) is 0 Å². The van der Waals surface area contributed by atoms with Gasteiger partial charge in [-0.25, -0.2) is 0 Å². The third-order valence-electron chi connectivity index (χ3n) is 2.65. The molecule has 0 saturated carbocycles. The third kappa shape index (κ3) is 2.86. The van der Waals surface area contributed by atoms with Crippen LogP contribution < -0.4 is 5.32 Å². The summed E-state index contributed by atoms with van der Waals surface area (Å²) < 4.78 is 0. The summed E-state index contributed by atoms with van der Waals surface area (Å²) in [6.07, 6.45) is 2.54. The molecule has 8 heteroatoms. The zero-order chi connectivity index (χ0) is 14.5. The van der Waals surface area contributed by atoms with Crippen molar-refractivity contribution < 1.29 is 9.85 Å². The minimum Gasteiger partial charge on any atom is -0.375 e. The van der Waals surface area contributed by atoms with E-state index in [9.17, 15) is 20.2 Å². The van der Waals surface area contributed by atoms with Crippen LogP contribution in [0, 0.1) is 20.2 Å². The fourth-order valence-corrected chi connectivity index (χ4v) is 1.71. The predicted octanol–water partition coefficient (Wildman–Crippen LogP) is 2.51. The average Bonchev–Trinajstić information content (AvgIpc) is 2.45. The summed E-state index contributed by atoms with van der Waals surface area (Å²) in [5.41, 5.74) is 0.509. The van der Waals surface area contributed by atoms with Crippen molar-refractivity contribution in [2.75, 3.05) is 5.32 Å². The number of nitro benzene ring substituents is 1. The summed E-state index contributed by atoms with van der Waals surface area (Å²) in [4.78, 5) is 24.3. The van der Waals surface area contributed by atoms with Crippen molar-refractivity contribution >= 4 is 17.1 Å². The van der Waals surface area contributed by atoms with Gasteiger partial charge in [-0.05, 0) is 6.07 Å². The maximum absolute atomic E-state index is 10.9. The highest BCUT2D eigenvalue weighted by Gasteiger charge is 2.15. The largest absolute Gasteiger partial charge is 0.375 e. The Labute approximate surface area is 113 Å². The number of pyridine rings is 1. The summed E-state index contributed by atoms with van der Waals surface area (Å²) in [7, 11) is 0. The molecule has 1 aromatic carbocycles. The number of nitrogens with one attached hydrogen (secondary N) is 1. The normalized spacial score (nSPS) is 10.0. The van der Waals surface area contributed by atoms with Crippen molar-refractivity contribution in [1.29, 1.82) is 0 Å². The van der Waals surface area contributed by atoms with Gasteiger partial charge in [0.1, 0.15) is 11.9 Å². The van der Waals surface area contributed by atoms with Gasteiger partial charge in [-0.1, -0.05) is 18.2 Å². The summed E-state index contributed by atoms with van der Waals surface area (Å²) >= 11 is 0. The fraction of sp³-hybridized carbons (Fsp3) is 0.0833. The zero-order valence-electron chi connectivity index (χ0n) is 10.2. The molecule has 0 radical (unpaired) electrons. The lowest BCUT2D eigenvalue weighted by Gasteiger charge is -2.07. The third-order valence-corrected chi connectivity index (χ3v) is 2.65. The van der Waals surface area contributed by atoms with E-state index in [0.717, 1.165) is 6.20 Å². The number of rotatable bonds is 5. The number of nitro groups is 2. The van der Waals surface area contributed by atoms with Gasteiger partial charge in [-0.2, -0.15) is 0 Å². The van der Waals surface area contributed by atoms with Crippen molar-refractivity contribution in [2.45, 2.75) is 6.54 Å². The van der Waals surface area contributed by atoms with Crippen LogP contribution in [0.15, 0.2) is 42.7 Å². The monoisotopic (exact) mass is 274 g/mol. The van der Waals surface area contributed by atoms with Gasteiger partial charge >= 0.3 is 5.69 Å². The van der Waals surface area contributed by atoms with E-state index in [2.05, 4.69) is 10.3 Å². The minimum atomic E-state index is -0.561. The smallest absolute Gasteiger partial charge is 0.310 e. The second-order valence-corrected chi connectivity index (χ2v) is 3.89. The molecule has 0 aliphatic rings. The number of nitrogens with zero attached hydrogens (tertiary/aromatic N) is 3. The van der Waals surface area contributed by atoms with Crippen molar-refractivity contribution in [3.05, 3.63) is 68.5 Å². The Balaban J connectivity index is 2.22. The van der Waals surface area contributed by atoms with Crippen LogP contribution >= 0.6 is 0 Å². The predicted molar refractivity (Wildman–Crippen MR) is 71.3 cm³/mol. The Morgan fingerprint density at radius 3 is 2.45 bits per heavy atom. The number of anilines is 1. The molecule has 1 N–H and O–H groups in total. The highest BCUT2D eigenvalue weighted by atomic mass is 16.6. The van der Waals surface area contributed by atoms with Gasteiger partial charge in [0.05, 0.1) is 9.85 Å². The Kier molecular flexibility index (Phi) is 3.85. The number of para-hydroxylation sites is 1. The molecular weight excluding hydrogens is 264 g/mol. The van der Waals surface area contributed by atoms with Crippen molar-refractivity contribution in [3.8, 4) is 0 Å². The first-order valence-corrected chi connectivity index (χ1v) is 5.64. The van der Waals surface area contributed by atoms with Crippen LogP contribution in [0.2, 0.25) is 0 Å². The van der Waals surface area contributed by atoms with Gasteiger partial charge in [-0.15, -0.1) is 0 Å². The fourth-order valence-electron chi connectivity index (χ4n) is 1.71. The van der Waals surface area contributed by atoms with E-state index in [-0.39, 0.29) is 23.6 Å². The molecule has 102 valence electrons. The quantitative estimate of drug-likeness (QED) is 0.662. The molecule has 1 aromatic heterocycles. The summed E-state index contributed by atoms with van der Waals surface area (Å²) in [6, 6.07) is 7.67. The molecule has 20 heavy (non-hydrogen) atoms. The summed E-state index contributed by atoms with van der Waals surface area (Å²) in [6.45, 7) is 0.113. The molecule has 0 aliphatic carbocycles. The van der Waals surface area contributed by atoms with Crippen LogP contribution in [-0.4, -0.2) is 14.8 Å². The molecule has 0 unspecified atom stereocenters. The first-order valence-electron chi connectivity index (χ1n) is 5.64. The molecule has 0 aliphatic heterocycles. The van der Waals surface area contributed by atoms with Crippen LogP contribution in [0.25, 0.3) is 0 Å². The topological polar surface area (TPSA) is 111 Å². The van der Waals surface area contributed by atoms with Gasteiger partial charge in [0.15, 0.2) is 0 Å². The van der Waals surface area contributed by atoms with E-state index < -0.39 is 9.85 Å². The maximum Gasteiger partial charge on any atom is 0.310 e. The second-order valence-electron chi connectivity index (χ2n) is 3.89. The zero-order valence-corrected chi connectivity index (χ0v) is 10.2. The van der Waals surface area contributed by atoms with Crippen LogP contribution in [-0.2, 0) is 6.54 Å². The molecule has 0 bridgehead atoms. The van der Waals surface area contributed by atoms with E-state index in [1.165, 1.54) is 18.3 Å². The van der Waals surface area contributed by atoms with Crippen molar-refractivity contribution in [2.24, 2.45) is 0 Å². The molecule has 0 fully saturated rings. The van der Waals surface area contributed by atoms with Crippen molar-refractivity contribution in [1.82, 2.24) is 4.98 Å². The minimum absolute atomic E-state index is 0.0308. The van der Waals surface area contributed by atoms with Gasteiger partial charge < -0.3 is 5.32 Å².